The third kappa shape index (κ3) is 13.5. The third-order valence-corrected chi connectivity index (χ3v) is 9.09. The van der Waals surface area contributed by atoms with E-state index in [1.807, 2.05) is 24.3 Å². The summed E-state index contributed by atoms with van der Waals surface area (Å²) < 4.78 is 29.9. The smallest absolute Gasteiger partial charge is 0.224 e. The minimum absolute atomic E-state index is 0.0254. The highest BCUT2D eigenvalue weighted by Crippen LogP contribution is 2.30. The van der Waals surface area contributed by atoms with E-state index < -0.39 is 0 Å². The van der Waals surface area contributed by atoms with Crippen LogP contribution in [0.1, 0.15) is 95.1 Å². The Hall–Kier alpha value is -1.68. The van der Waals surface area contributed by atoms with Crippen LogP contribution in [0.3, 0.4) is 0 Å². The summed E-state index contributed by atoms with van der Waals surface area (Å²) >= 11 is 7.04. The summed E-state index contributed by atoms with van der Waals surface area (Å²) in [6, 6.07) is 13.3. The predicted octanol–water partition coefficient (Wildman–Crippen LogP) is 8.21. The fourth-order valence-corrected chi connectivity index (χ4v) is 6.32. The first-order valence-corrected chi connectivity index (χ1v) is 17.4. The number of hydrogen-bond donors (Lipinski definition) is 4. The van der Waals surface area contributed by atoms with Crippen molar-refractivity contribution in [1.29, 1.82) is 0 Å². The van der Waals surface area contributed by atoms with Gasteiger partial charge in [-0.2, -0.15) is 0 Å². The van der Waals surface area contributed by atoms with Crippen LogP contribution in [0.2, 0.25) is 5.02 Å². The highest BCUT2D eigenvalue weighted by molar-refractivity contribution is 7.93. The van der Waals surface area contributed by atoms with E-state index in [0.717, 1.165) is 94.4 Å². The molecule has 1 aliphatic heterocycles. The first kappa shape index (κ1) is 35.8. The van der Waals surface area contributed by atoms with Gasteiger partial charge in [-0.25, -0.2) is 4.39 Å². The second-order valence-electron chi connectivity index (χ2n) is 11.7. The monoisotopic (exact) mass is 635 g/mol. The number of ether oxygens (including phenoxy) is 1. The molecule has 4 N–H and O–H groups in total. The summed E-state index contributed by atoms with van der Waals surface area (Å²) in [6.07, 6.45) is 9.97. The van der Waals surface area contributed by atoms with Gasteiger partial charge in [0.15, 0.2) is 0 Å². The topological polar surface area (TPSA) is 82.6 Å². The first-order valence-electron chi connectivity index (χ1n) is 16.1. The Balaban J connectivity index is 1.55. The van der Waals surface area contributed by atoms with Gasteiger partial charge in [-0.3, -0.25) is 4.79 Å². The zero-order chi connectivity index (χ0) is 30.9. The van der Waals surface area contributed by atoms with Gasteiger partial charge in [0.25, 0.3) is 0 Å². The second-order valence-corrected chi connectivity index (χ2v) is 12.8. The number of halogens is 2. The Morgan fingerprint density at radius 3 is 2.65 bits per heavy atom. The Kier molecular flexibility index (Phi) is 17.0. The van der Waals surface area contributed by atoms with E-state index in [2.05, 4.69) is 29.8 Å². The maximum absolute atomic E-state index is 15.0. The molecule has 1 saturated heterocycles. The lowest BCUT2D eigenvalue weighted by atomic mass is 9.88. The number of carbonyl (C=O) groups excluding carboxylic acids is 1. The number of benzene rings is 2. The van der Waals surface area contributed by atoms with Crippen molar-refractivity contribution in [3.63, 3.8) is 0 Å². The summed E-state index contributed by atoms with van der Waals surface area (Å²) in [5, 5.41) is 10.8. The molecular weight excluding hydrogens is 585 g/mol. The summed E-state index contributed by atoms with van der Waals surface area (Å²) in [6.45, 7) is 6.83. The Morgan fingerprint density at radius 2 is 1.93 bits per heavy atom. The number of anilines is 1. The average molecular weight is 636 g/mol. The lowest BCUT2D eigenvalue weighted by Crippen LogP contribution is -2.35. The van der Waals surface area contributed by atoms with E-state index in [9.17, 15) is 4.79 Å². The number of carbonyl (C=O) groups is 1. The fraction of sp³-hybridized carbons (Fsp3) is 0.618. The number of rotatable bonds is 20. The van der Waals surface area contributed by atoms with Crippen LogP contribution in [0, 0.1) is 5.82 Å². The predicted molar refractivity (Wildman–Crippen MR) is 179 cm³/mol. The molecule has 0 spiro atoms. The molecule has 2 aromatic carbocycles. The number of hydrogen-bond acceptors (Lipinski definition) is 6. The van der Waals surface area contributed by atoms with Gasteiger partial charge in [0.2, 0.25) is 5.91 Å². The van der Waals surface area contributed by atoms with Crippen LogP contribution >= 0.6 is 23.6 Å². The van der Waals surface area contributed by atoms with E-state index >= 15 is 4.39 Å². The van der Waals surface area contributed by atoms with Crippen molar-refractivity contribution in [3.8, 4) is 0 Å². The second kappa shape index (κ2) is 20.4. The van der Waals surface area contributed by atoms with Crippen molar-refractivity contribution in [2.24, 2.45) is 0 Å². The fourth-order valence-electron chi connectivity index (χ4n) is 5.90. The summed E-state index contributed by atoms with van der Waals surface area (Å²) in [4.78, 5) is 13.3. The van der Waals surface area contributed by atoms with Gasteiger partial charge in [0.1, 0.15) is 5.82 Å². The molecule has 4 atom stereocenters. The molecule has 1 aliphatic rings. The van der Waals surface area contributed by atoms with E-state index in [1.54, 1.807) is 12.1 Å². The standard InChI is InChI=1S/C34H51ClFN3O3S/c1-3-37-29(8-7-23-43-41)20-21-38-25(2)12-19-31-32(36)10-6-11-33(31)39-34(40)24-27(26-13-16-28(35)17-14-26)15-18-30-9-4-5-22-42-30/h6,10-11,13-14,16-17,25,27,29-30,37-38,41H,3-5,7-9,12,15,18-24H2,1-2H3,(H,39,40)/t25?,27-,29?,30?/m0/s1. The van der Waals surface area contributed by atoms with E-state index in [1.165, 1.54) is 12.5 Å². The van der Waals surface area contributed by atoms with Crippen molar-refractivity contribution in [2.75, 3.05) is 30.8 Å². The SMILES string of the molecule is CCNC(CCCSO)CCNC(C)CCc1c(F)cccc1NC(=O)C[C@H](CCC1CCCCO1)c1ccc(Cl)cc1. The number of amides is 1. The Bertz CT molecular complexity index is 1070. The van der Waals surface area contributed by atoms with Crippen LogP contribution in [0.5, 0.6) is 0 Å². The Morgan fingerprint density at radius 1 is 1.12 bits per heavy atom. The van der Waals surface area contributed by atoms with Gasteiger partial charge < -0.3 is 25.2 Å². The number of nitrogens with one attached hydrogen (secondary N) is 3. The summed E-state index contributed by atoms with van der Waals surface area (Å²) in [5.74, 6) is 0.376. The molecule has 0 bridgehead atoms. The molecular formula is C34H51ClFN3O3S. The van der Waals surface area contributed by atoms with E-state index in [4.69, 9.17) is 20.9 Å². The molecule has 3 rings (SSSR count). The van der Waals surface area contributed by atoms with Gasteiger partial charge in [-0.1, -0.05) is 36.7 Å². The maximum Gasteiger partial charge on any atom is 0.224 e. The molecule has 6 nitrogen and oxygen atoms in total. The molecule has 1 fully saturated rings. The van der Waals surface area contributed by atoms with Crippen LogP contribution in [-0.4, -0.2) is 54.1 Å². The van der Waals surface area contributed by atoms with Gasteiger partial charge in [0.05, 0.1) is 6.10 Å². The molecule has 43 heavy (non-hydrogen) atoms. The van der Waals surface area contributed by atoms with Gasteiger partial charge in [0, 0.05) is 47.1 Å². The lowest BCUT2D eigenvalue weighted by Gasteiger charge is -2.25. The van der Waals surface area contributed by atoms with Gasteiger partial charge in [-0.15, -0.1) is 0 Å². The molecule has 1 amide bonds. The van der Waals surface area contributed by atoms with E-state index in [0.29, 0.717) is 35.2 Å². The third-order valence-electron chi connectivity index (χ3n) is 8.37. The van der Waals surface area contributed by atoms with Crippen LogP contribution in [-0.2, 0) is 16.0 Å². The zero-order valence-electron chi connectivity index (χ0n) is 25.9. The minimum atomic E-state index is -0.289. The van der Waals surface area contributed by atoms with Gasteiger partial charge >= 0.3 is 0 Å². The zero-order valence-corrected chi connectivity index (χ0v) is 27.5. The summed E-state index contributed by atoms with van der Waals surface area (Å²) in [5.41, 5.74) is 2.19. The van der Waals surface area contributed by atoms with Gasteiger partial charge in [-0.05, 0) is 132 Å². The summed E-state index contributed by atoms with van der Waals surface area (Å²) in [7, 11) is 0. The molecule has 240 valence electrons. The van der Waals surface area contributed by atoms with E-state index in [-0.39, 0.29) is 29.8 Å². The Labute approximate surface area is 267 Å². The quantitative estimate of drug-likeness (QED) is 0.0867. The molecule has 9 heteroatoms. The van der Waals surface area contributed by atoms with Crippen molar-refractivity contribution >= 4 is 35.2 Å². The van der Waals surface area contributed by atoms with Crippen molar-refractivity contribution in [3.05, 3.63) is 64.4 Å². The minimum Gasteiger partial charge on any atom is -0.378 e. The molecule has 1 heterocycles. The molecule has 0 aromatic heterocycles. The van der Waals surface area contributed by atoms with Crippen LogP contribution in [0.25, 0.3) is 0 Å². The molecule has 3 unspecified atom stereocenters. The van der Waals surface area contributed by atoms with Crippen LogP contribution in [0.4, 0.5) is 10.1 Å². The highest BCUT2D eigenvalue weighted by Gasteiger charge is 2.22. The van der Waals surface area contributed by atoms with Crippen LogP contribution in [0.15, 0.2) is 42.5 Å². The highest BCUT2D eigenvalue weighted by atomic mass is 35.5. The normalized spacial score (nSPS) is 17.4. The molecule has 0 saturated carbocycles. The first-order chi connectivity index (χ1) is 20.9. The largest absolute Gasteiger partial charge is 0.378 e. The average Bonchev–Trinajstić information content (AvgIpc) is 3.00. The van der Waals surface area contributed by atoms with Crippen molar-refractivity contribution < 1.29 is 18.5 Å². The van der Waals surface area contributed by atoms with Crippen molar-refractivity contribution in [1.82, 2.24) is 10.6 Å². The van der Waals surface area contributed by atoms with Crippen LogP contribution < -0.4 is 16.0 Å². The maximum atomic E-state index is 15.0. The molecule has 0 aliphatic carbocycles. The molecule has 2 aromatic rings. The van der Waals surface area contributed by atoms with Crippen molar-refractivity contribution in [2.45, 2.75) is 109 Å². The molecule has 0 radical (unpaired) electrons. The lowest BCUT2D eigenvalue weighted by molar-refractivity contribution is -0.116.